The number of rotatable bonds is 3. The molecule has 0 aliphatic carbocycles. The number of carbonyl (C=O) groups is 1. The minimum absolute atomic E-state index is 0.108. The Morgan fingerprint density at radius 1 is 1.50 bits per heavy atom. The predicted octanol–water partition coefficient (Wildman–Crippen LogP) is 1.87. The lowest BCUT2D eigenvalue weighted by Crippen LogP contribution is -2.20. The van der Waals surface area contributed by atoms with Crippen LogP contribution < -0.4 is 0 Å². The third-order valence-corrected chi connectivity index (χ3v) is 1.89. The Morgan fingerprint density at radius 3 is 2.57 bits per heavy atom. The van der Waals surface area contributed by atoms with E-state index in [1.807, 2.05) is 0 Å². The normalized spacial score (nSPS) is 14.8. The van der Waals surface area contributed by atoms with Gasteiger partial charge in [0.15, 0.2) is 0 Å². The van der Waals surface area contributed by atoms with Gasteiger partial charge in [0.1, 0.15) is 5.06 Å². The topological polar surface area (TPSA) is 57.5 Å². The van der Waals surface area contributed by atoms with E-state index >= 15 is 0 Å². The van der Waals surface area contributed by atoms with Crippen LogP contribution in [0, 0.1) is 0 Å². The Kier molecular flexibility index (Phi) is 3.13. The van der Waals surface area contributed by atoms with Crippen molar-refractivity contribution in [3.63, 3.8) is 0 Å². The van der Waals surface area contributed by atoms with Crippen LogP contribution in [0.5, 0.6) is 0 Å². The van der Waals surface area contributed by atoms with Gasteiger partial charge < -0.3 is 10.2 Å². The van der Waals surface area contributed by atoms with Crippen LogP contribution in [0.1, 0.15) is 22.8 Å². The van der Waals surface area contributed by atoms with Crippen LogP contribution >= 0.6 is 11.6 Å². The molecule has 2 N–H and O–H groups in total. The fourth-order valence-corrected chi connectivity index (χ4v) is 1.37. The first kappa shape index (κ1) is 11.0. The van der Waals surface area contributed by atoms with Gasteiger partial charge in [0.25, 0.3) is 0 Å². The average molecular weight is 215 g/mol. The summed E-state index contributed by atoms with van der Waals surface area (Å²) in [5, 5.41) is 16.8. The van der Waals surface area contributed by atoms with Gasteiger partial charge in [0, 0.05) is 6.42 Å². The van der Waals surface area contributed by atoms with Gasteiger partial charge in [-0.1, -0.05) is 29.8 Å². The fraction of sp³-hybridized carbons (Fsp3) is 0.300. The predicted molar refractivity (Wildman–Crippen MR) is 53.6 cm³/mol. The lowest BCUT2D eigenvalue weighted by Gasteiger charge is -2.15. The Bertz CT molecular complexity index is 341. The highest BCUT2D eigenvalue weighted by Gasteiger charge is 2.20. The van der Waals surface area contributed by atoms with E-state index in [2.05, 4.69) is 0 Å². The molecule has 1 unspecified atom stereocenters. The number of aromatic carboxylic acids is 1. The first-order chi connectivity index (χ1) is 6.40. The molecule has 0 heterocycles. The molecule has 0 bridgehead atoms. The van der Waals surface area contributed by atoms with Crippen LogP contribution in [0.4, 0.5) is 0 Å². The number of halogens is 1. The molecule has 0 aliphatic heterocycles. The van der Waals surface area contributed by atoms with E-state index in [4.69, 9.17) is 16.7 Å². The number of hydrogen-bond acceptors (Lipinski definition) is 2. The molecular formula is C10H11ClO3. The smallest absolute Gasteiger partial charge is 0.335 e. The van der Waals surface area contributed by atoms with Crippen LogP contribution in [0.25, 0.3) is 0 Å². The minimum atomic E-state index is -1.41. The first-order valence-corrected chi connectivity index (χ1v) is 4.50. The minimum Gasteiger partial charge on any atom is -0.478 e. The number of carboxylic acids is 1. The summed E-state index contributed by atoms with van der Waals surface area (Å²) in [6.45, 7) is 1.42. The first-order valence-electron chi connectivity index (χ1n) is 4.12. The maximum Gasteiger partial charge on any atom is 0.335 e. The van der Waals surface area contributed by atoms with Crippen molar-refractivity contribution < 1.29 is 15.0 Å². The molecule has 1 atom stereocenters. The third kappa shape index (κ3) is 3.01. The number of carboxylic acid groups (broad SMARTS) is 1. The van der Waals surface area contributed by atoms with E-state index in [9.17, 15) is 9.90 Å². The monoisotopic (exact) mass is 214 g/mol. The second-order valence-corrected chi connectivity index (χ2v) is 4.10. The van der Waals surface area contributed by atoms with Crippen LogP contribution in [0.2, 0.25) is 0 Å². The summed E-state index contributed by atoms with van der Waals surface area (Å²) < 4.78 is 0. The fourth-order valence-electron chi connectivity index (χ4n) is 1.23. The molecular weight excluding hydrogens is 204 g/mol. The molecule has 0 aliphatic rings. The summed E-state index contributed by atoms with van der Waals surface area (Å²) in [5.41, 5.74) is 0.702. The highest BCUT2D eigenvalue weighted by molar-refractivity contribution is 6.22. The van der Waals surface area contributed by atoms with Crippen molar-refractivity contribution in [2.75, 3.05) is 0 Å². The molecule has 76 valence electrons. The SMILES string of the molecule is CC(O)(Cl)Cc1ccccc1C(=O)O. The summed E-state index contributed by atoms with van der Waals surface area (Å²) in [7, 11) is 0. The molecule has 0 spiro atoms. The maximum atomic E-state index is 10.8. The second-order valence-electron chi connectivity index (χ2n) is 3.28. The van der Waals surface area contributed by atoms with E-state index in [1.54, 1.807) is 18.2 Å². The summed E-state index contributed by atoms with van der Waals surface area (Å²) in [5.74, 6) is -1.01. The number of hydrogen-bond donors (Lipinski definition) is 2. The number of aliphatic hydroxyl groups is 1. The summed E-state index contributed by atoms with van der Waals surface area (Å²) in [6.07, 6.45) is 0.108. The number of benzene rings is 1. The Morgan fingerprint density at radius 2 is 2.07 bits per heavy atom. The van der Waals surface area contributed by atoms with Crippen molar-refractivity contribution in [1.29, 1.82) is 0 Å². The molecule has 4 heteroatoms. The zero-order valence-corrected chi connectivity index (χ0v) is 8.45. The van der Waals surface area contributed by atoms with Crippen molar-refractivity contribution in [2.24, 2.45) is 0 Å². The van der Waals surface area contributed by atoms with E-state index < -0.39 is 11.0 Å². The van der Waals surface area contributed by atoms with Gasteiger partial charge in [-0.25, -0.2) is 4.79 Å². The second kappa shape index (κ2) is 3.98. The molecule has 3 nitrogen and oxygen atoms in total. The molecule has 0 saturated heterocycles. The van der Waals surface area contributed by atoms with Crippen LogP contribution in [-0.2, 0) is 6.42 Å². The molecule has 1 aromatic carbocycles. The molecule has 0 amide bonds. The highest BCUT2D eigenvalue weighted by atomic mass is 35.5. The summed E-state index contributed by atoms with van der Waals surface area (Å²) in [6, 6.07) is 6.47. The molecule has 0 radical (unpaired) electrons. The number of alkyl halides is 1. The molecule has 1 rings (SSSR count). The van der Waals surface area contributed by atoms with Crippen molar-refractivity contribution >= 4 is 17.6 Å². The Balaban J connectivity index is 3.02. The van der Waals surface area contributed by atoms with Gasteiger partial charge in [-0.05, 0) is 18.6 Å². The maximum absolute atomic E-state index is 10.8. The molecule has 14 heavy (non-hydrogen) atoms. The van der Waals surface area contributed by atoms with Gasteiger partial charge in [-0.3, -0.25) is 0 Å². The van der Waals surface area contributed by atoms with Crippen LogP contribution in [0.3, 0.4) is 0 Å². The molecule has 1 aromatic rings. The van der Waals surface area contributed by atoms with Crippen molar-refractivity contribution in [1.82, 2.24) is 0 Å². The lowest BCUT2D eigenvalue weighted by atomic mass is 10.0. The molecule has 0 fully saturated rings. The Labute approximate surface area is 86.9 Å². The highest BCUT2D eigenvalue weighted by Crippen LogP contribution is 2.19. The average Bonchev–Trinajstić information content (AvgIpc) is 2.01. The van der Waals surface area contributed by atoms with Crippen molar-refractivity contribution in [3.05, 3.63) is 35.4 Å². The van der Waals surface area contributed by atoms with Gasteiger partial charge in [0.2, 0.25) is 0 Å². The van der Waals surface area contributed by atoms with E-state index in [0.29, 0.717) is 5.56 Å². The van der Waals surface area contributed by atoms with E-state index in [0.717, 1.165) is 0 Å². The third-order valence-electron chi connectivity index (χ3n) is 1.76. The van der Waals surface area contributed by atoms with E-state index in [1.165, 1.54) is 13.0 Å². The molecule has 0 saturated carbocycles. The molecule has 0 aromatic heterocycles. The van der Waals surface area contributed by atoms with Crippen molar-refractivity contribution in [2.45, 2.75) is 18.4 Å². The zero-order valence-electron chi connectivity index (χ0n) is 7.70. The van der Waals surface area contributed by atoms with Gasteiger partial charge in [-0.15, -0.1) is 0 Å². The van der Waals surface area contributed by atoms with E-state index in [-0.39, 0.29) is 12.0 Å². The van der Waals surface area contributed by atoms with Crippen molar-refractivity contribution in [3.8, 4) is 0 Å². The van der Waals surface area contributed by atoms with Gasteiger partial charge in [0.05, 0.1) is 5.56 Å². The van der Waals surface area contributed by atoms with Gasteiger partial charge >= 0.3 is 5.97 Å². The quantitative estimate of drug-likeness (QED) is 0.756. The Hall–Kier alpha value is -1.06. The van der Waals surface area contributed by atoms with Crippen LogP contribution in [-0.4, -0.2) is 21.2 Å². The standard InChI is InChI=1S/C10H11ClO3/c1-10(11,14)6-7-4-2-3-5-8(7)9(12)13/h2-5,14H,6H2,1H3,(H,12,13). The van der Waals surface area contributed by atoms with Gasteiger partial charge in [-0.2, -0.15) is 0 Å². The summed E-state index contributed by atoms with van der Waals surface area (Å²) in [4.78, 5) is 10.8. The van der Waals surface area contributed by atoms with Crippen LogP contribution in [0.15, 0.2) is 24.3 Å². The zero-order chi connectivity index (χ0) is 10.8. The largest absolute Gasteiger partial charge is 0.478 e. The summed E-state index contributed by atoms with van der Waals surface area (Å²) >= 11 is 5.61. The lowest BCUT2D eigenvalue weighted by molar-refractivity contribution is 0.0694.